The average molecular weight is 291 g/mol. The van der Waals surface area contributed by atoms with Gasteiger partial charge in [0.1, 0.15) is 12.7 Å². The predicted molar refractivity (Wildman–Crippen MR) is 79.7 cm³/mol. The number of hydrogen-bond acceptors (Lipinski definition) is 4. The maximum atomic E-state index is 12.3. The van der Waals surface area contributed by atoms with E-state index in [9.17, 15) is 4.79 Å². The molecule has 3 rings (SSSR count). The summed E-state index contributed by atoms with van der Waals surface area (Å²) in [6.07, 6.45) is 9.74. The van der Waals surface area contributed by atoms with E-state index >= 15 is 0 Å². The SMILES string of the molecule is O=C(CCCn1cncn1)N1CCCC(N2CCCC2)C1. The van der Waals surface area contributed by atoms with Gasteiger partial charge in [-0.1, -0.05) is 0 Å². The predicted octanol–water partition coefficient (Wildman–Crippen LogP) is 1.15. The van der Waals surface area contributed by atoms with E-state index < -0.39 is 0 Å². The number of aryl methyl sites for hydroxylation is 1. The summed E-state index contributed by atoms with van der Waals surface area (Å²) >= 11 is 0. The van der Waals surface area contributed by atoms with Crippen LogP contribution in [0.4, 0.5) is 0 Å². The molecule has 0 aliphatic carbocycles. The molecule has 6 nitrogen and oxygen atoms in total. The summed E-state index contributed by atoms with van der Waals surface area (Å²) in [6, 6.07) is 0.598. The van der Waals surface area contributed by atoms with E-state index in [0.29, 0.717) is 18.4 Å². The minimum atomic E-state index is 0.305. The number of carbonyl (C=O) groups is 1. The van der Waals surface area contributed by atoms with Gasteiger partial charge in [0.15, 0.2) is 0 Å². The Morgan fingerprint density at radius 3 is 2.81 bits per heavy atom. The standard InChI is InChI=1S/C15H25N5O/c21-15(6-4-10-20-13-16-12-17-20)19-9-3-5-14(11-19)18-7-1-2-8-18/h12-14H,1-11H2. The molecule has 2 aliphatic heterocycles. The van der Waals surface area contributed by atoms with Crippen LogP contribution in [0.2, 0.25) is 0 Å². The van der Waals surface area contributed by atoms with Gasteiger partial charge in [-0.05, 0) is 45.2 Å². The quantitative estimate of drug-likeness (QED) is 0.816. The number of likely N-dealkylation sites (tertiary alicyclic amines) is 2. The Labute approximate surface area is 126 Å². The number of piperidine rings is 1. The van der Waals surface area contributed by atoms with Crippen molar-refractivity contribution in [2.75, 3.05) is 26.2 Å². The Bertz CT molecular complexity index is 441. The number of amides is 1. The van der Waals surface area contributed by atoms with Crippen molar-refractivity contribution >= 4 is 5.91 Å². The lowest BCUT2D eigenvalue weighted by atomic mass is 10.0. The second kappa shape index (κ2) is 7.02. The molecule has 0 N–H and O–H groups in total. The first kappa shape index (κ1) is 14.5. The van der Waals surface area contributed by atoms with Crippen LogP contribution >= 0.6 is 0 Å². The molecule has 2 saturated heterocycles. The third-order valence-corrected chi connectivity index (χ3v) is 4.65. The molecule has 1 unspecified atom stereocenters. The van der Waals surface area contributed by atoms with Crippen LogP contribution in [-0.4, -0.2) is 62.7 Å². The molecule has 0 aromatic carbocycles. The van der Waals surface area contributed by atoms with Gasteiger partial charge in [-0.2, -0.15) is 5.10 Å². The molecule has 3 heterocycles. The zero-order valence-corrected chi connectivity index (χ0v) is 12.7. The zero-order valence-electron chi connectivity index (χ0n) is 12.7. The topological polar surface area (TPSA) is 54.3 Å². The van der Waals surface area contributed by atoms with Gasteiger partial charge in [0.2, 0.25) is 5.91 Å². The molecule has 0 radical (unpaired) electrons. The Hall–Kier alpha value is -1.43. The molecule has 21 heavy (non-hydrogen) atoms. The molecular formula is C15H25N5O. The van der Waals surface area contributed by atoms with Gasteiger partial charge in [-0.25, -0.2) is 4.98 Å². The molecule has 1 atom stereocenters. The van der Waals surface area contributed by atoms with E-state index in [1.807, 2.05) is 0 Å². The van der Waals surface area contributed by atoms with Crippen LogP contribution in [0.25, 0.3) is 0 Å². The molecule has 6 heteroatoms. The third kappa shape index (κ3) is 3.81. The fraction of sp³-hybridized carbons (Fsp3) is 0.800. The van der Waals surface area contributed by atoms with Crippen LogP contribution in [0.3, 0.4) is 0 Å². The molecule has 0 saturated carbocycles. The highest BCUT2D eigenvalue weighted by Gasteiger charge is 2.28. The Morgan fingerprint density at radius 1 is 1.19 bits per heavy atom. The lowest BCUT2D eigenvalue weighted by Crippen LogP contribution is -2.48. The molecule has 1 amide bonds. The second-order valence-corrected chi connectivity index (χ2v) is 6.14. The molecule has 0 bridgehead atoms. The summed E-state index contributed by atoms with van der Waals surface area (Å²) in [6.45, 7) is 5.09. The normalized spacial score (nSPS) is 23.6. The van der Waals surface area contributed by atoms with Crippen molar-refractivity contribution in [3.63, 3.8) is 0 Å². The van der Waals surface area contributed by atoms with Crippen LogP contribution in [0, 0.1) is 0 Å². The summed E-state index contributed by atoms with van der Waals surface area (Å²) in [5, 5.41) is 4.06. The largest absolute Gasteiger partial charge is 0.341 e. The van der Waals surface area contributed by atoms with Gasteiger partial charge in [0.05, 0.1) is 0 Å². The smallest absolute Gasteiger partial charge is 0.222 e. The van der Waals surface area contributed by atoms with E-state index in [0.717, 1.165) is 32.5 Å². The van der Waals surface area contributed by atoms with Gasteiger partial charge in [0.25, 0.3) is 0 Å². The molecule has 2 aliphatic rings. The molecule has 1 aromatic rings. The molecular weight excluding hydrogens is 266 g/mol. The Balaban J connectivity index is 1.43. The Kier molecular flexibility index (Phi) is 4.85. The first-order valence-electron chi connectivity index (χ1n) is 8.17. The van der Waals surface area contributed by atoms with Crippen LogP contribution in [0.15, 0.2) is 12.7 Å². The first-order valence-corrected chi connectivity index (χ1v) is 8.17. The van der Waals surface area contributed by atoms with Gasteiger partial charge in [-0.15, -0.1) is 0 Å². The highest BCUT2D eigenvalue weighted by atomic mass is 16.2. The minimum absolute atomic E-state index is 0.305. The maximum Gasteiger partial charge on any atom is 0.222 e. The highest BCUT2D eigenvalue weighted by molar-refractivity contribution is 5.76. The Morgan fingerprint density at radius 2 is 2.05 bits per heavy atom. The summed E-state index contributed by atoms with van der Waals surface area (Å²) in [5.41, 5.74) is 0. The van der Waals surface area contributed by atoms with Crippen molar-refractivity contribution < 1.29 is 4.79 Å². The number of rotatable bonds is 5. The number of nitrogens with zero attached hydrogens (tertiary/aromatic N) is 5. The van der Waals surface area contributed by atoms with E-state index in [1.54, 1.807) is 11.0 Å². The van der Waals surface area contributed by atoms with Gasteiger partial charge >= 0.3 is 0 Å². The van der Waals surface area contributed by atoms with E-state index in [4.69, 9.17) is 0 Å². The van der Waals surface area contributed by atoms with Crippen molar-refractivity contribution in [2.24, 2.45) is 0 Å². The highest BCUT2D eigenvalue weighted by Crippen LogP contribution is 2.21. The monoisotopic (exact) mass is 291 g/mol. The van der Waals surface area contributed by atoms with Crippen molar-refractivity contribution in [1.82, 2.24) is 24.6 Å². The summed E-state index contributed by atoms with van der Waals surface area (Å²) in [4.78, 5) is 20.9. The average Bonchev–Trinajstić information content (AvgIpc) is 3.21. The summed E-state index contributed by atoms with van der Waals surface area (Å²) in [5.74, 6) is 0.305. The lowest BCUT2D eigenvalue weighted by Gasteiger charge is -2.37. The van der Waals surface area contributed by atoms with E-state index in [2.05, 4.69) is 19.9 Å². The van der Waals surface area contributed by atoms with Gasteiger partial charge in [0, 0.05) is 32.1 Å². The fourth-order valence-corrected chi connectivity index (χ4v) is 3.48. The van der Waals surface area contributed by atoms with Crippen molar-refractivity contribution in [2.45, 2.75) is 51.1 Å². The van der Waals surface area contributed by atoms with Gasteiger partial charge < -0.3 is 4.90 Å². The van der Waals surface area contributed by atoms with Crippen molar-refractivity contribution in [3.8, 4) is 0 Å². The van der Waals surface area contributed by atoms with Crippen molar-refractivity contribution in [1.29, 1.82) is 0 Å². The minimum Gasteiger partial charge on any atom is -0.341 e. The van der Waals surface area contributed by atoms with E-state index in [-0.39, 0.29) is 0 Å². The van der Waals surface area contributed by atoms with E-state index in [1.165, 1.54) is 38.7 Å². The number of carbonyl (C=O) groups excluding carboxylic acids is 1. The molecule has 116 valence electrons. The zero-order chi connectivity index (χ0) is 14.5. The number of hydrogen-bond donors (Lipinski definition) is 0. The molecule has 2 fully saturated rings. The van der Waals surface area contributed by atoms with Crippen LogP contribution < -0.4 is 0 Å². The van der Waals surface area contributed by atoms with Crippen molar-refractivity contribution in [3.05, 3.63) is 12.7 Å². The molecule has 1 aromatic heterocycles. The third-order valence-electron chi connectivity index (χ3n) is 4.65. The number of aromatic nitrogens is 3. The van der Waals surface area contributed by atoms with Crippen LogP contribution in [-0.2, 0) is 11.3 Å². The lowest BCUT2D eigenvalue weighted by molar-refractivity contribution is -0.133. The first-order chi connectivity index (χ1) is 10.3. The van der Waals surface area contributed by atoms with Crippen LogP contribution in [0.1, 0.15) is 38.5 Å². The second-order valence-electron chi connectivity index (χ2n) is 6.14. The maximum absolute atomic E-state index is 12.3. The fourth-order valence-electron chi connectivity index (χ4n) is 3.48. The van der Waals surface area contributed by atoms with Crippen LogP contribution in [0.5, 0.6) is 0 Å². The molecule has 0 spiro atoms. The van der Waals surface area contributed by atoms with Gasteiger partial charge in [-0.3, -0.25) is 14.4 Å². The summed E-state index contributed by atoms with van der Waals surface area (Å²) in [7, 11) is 0. The summed E-state index contributed by atoms with van der Waals surface area (Å²) < 4.78 is 1.79.